The normalized spacial score (nSPS) is 11.0. The number of aromatic nitrogens is 2. The van der Waals surface area contributed by atoms with Crippen molar-refractivity contribution in [3.05, 3.63) is 53.6 Å². The minimum absolute atomic E-state index is 0.511. The molecule has 1 aromatic heterocycles. The fourth-order valence-corrected chi connectivity index (χ4v) is 4.07. The Morgan fingerprint density at radius 1 is 0.833 bits per heavy atom. The number of ether oxygens (including phenoxy) is 1. The fraction of sp³-hybridized carbons (Fsp3) is 0.417. The summed E-state index contributed by atoms with van der Waals surface area (Å²) in [5.74, 6) is 1.92. The van der Waals surface area contributed by atoms with Gasteiger partial charge in [0.25, 0.3) is 0 Å². The maximum atomic E-state index is 5.98. The SMILES string of the molecule is CCCCCCCCOc1ccc(-c2nnc(-c3cc(CBr)ccc3CBr)o2)cc1. The monoisotopic (exact) mass is 534 g/mol. The molecule has 0 saturated carbocycles. The van der Waals surface area contributed by atoms with Crippen molar-refractivity contribution >= 4 is 31.9 Å². The van der Waals surface area contributed by atoms with Gasteiger partial charge in [-0.2, -0.15) is 0 Å². The molecule has 4 nitrogen and oxygen atoms in total. The van der Waals surface area contributed by atoms with E-state index in [-0.39, 0.29) is 0 Å². The highest BCUT2D eigenvalue weighted by Gasteiger charge is 2.14. The summed E-state index contributed by atoms with van der Waals surface area (Å²) in [5, 5.41) is 10.0. The smallest absolute Gasteiger partial charge is 0.248 e. The van der Waals surface area contributed by atoms with Crippen molar-refractivity contribution in [2.45, 2.75) is 56.1 Å². The number of benzene rings is 2. The zero-order valence-corrected chi connectivity index (χ0v) is 20.5. The van der Waals surface area contributed by atoms with Crippen molar-refractivity contribution in [1.29, 1.82) is 0 Å². The zero-order valence-electron chi connectivity index (χ0n) is 17.4. The third kappa shape index (κ3) is 6.42. The molecule has 160 valence electrons. The standard InChI is InChI=1S/C24H28Br2N2O2/c1-2-3-4-5-6-7-14-29-21-12-10-19(11-13-21)23-27-28-24(30-23)22-15-18(16-25)8-9-20(22)17-26/h8-13,15H,2-7,14,16-17H2,1H3. The van der Waals surface area contributed by atoms with Crippen molar-refractivity contribution in [3.8, 4) is 28.7 Å². The van der Waals surface area contributed by atoms with Crippen LogP contribution in [0.3, 0.4) is 0 Å². The number of alkyl halides is 2. The first-order valence-electron chi connectivity index (χ1n) is 10.6. The Kier molecular flexibility index (Phi) is 9.40. The van der Waals surface area contributed by atoms with E-state index in [4.69, 9.17) is 9.15 Å². The van der Waals surface area contributed by atoms with Crippen molar-refractivity contribution < 1.29 is 9.15 Å². The largest absolute Gasteiger partial charge is 0.494 e. The second-order valence-electron chi connectivity index (χ2n) is 7.31. The first-order chi connectivity index (χ1) is 14.7. The first kappa shape index (κ1) is 23.0. The van der Waals surface area contributed by atoms with Gasteiger partial charge in [-0.1, -0.05) is 83.0 Å². The van der Waals surface area contributed by atoms with Gasteiger partial charge in [-0.15, -0.1) is 10.2 Å². The Labute approximate surface area is 195 Å². The first-order valence-corrected chi connectivity index (χ1v) is 12.8. The molecule has 0 amide bonds. The summed E-state index contributed by atoms with van der Waals surface area (Å²) >= 11 is 7.04. The molecule has 1 heterocycles. The Morgan fingerprint density at radius 3 is 2.30 bits per heavy atom. The predicted octanol–water partition coefficient (Wildman–Crippen LogP) is 7.93. The highest BCUT2D eigenvalue weighted by molar-refractivity contribution is 9.08. The van der Waals surface area contributed by atoms with Crippen LogP contribution >= 0.6 is 31.9 Å². The molecule has 0 spiro atoms. The van der Waals surface area contributed by atoms with E-state index in [2.05, 4.69) is 67.2 Å². The van der Waals surface area contributed by atoms with Crippen LogP contribution < -0.4 is 4.74 Å². The van der Waals surface area contributed by atoms with Crippen molar-refractivity contribution in [3.63, 3.8) is 0 Å². The molecule has 0 unspecified atom stereocenters. The van der Waals surface area contributed by atoms with Crippen LogP contribution in [0.25, 0.3) is 22.9 Å². The lowest BCUT2D eigenvalue weighted by molar-refractivity contribution is 0.304. The Morgan fingerprint density at radius 2 is 1.57 bits per heavy atom. The van der Waals surface area contributed by atoms with Gasteiger partial charge in [0.05, 0.1) is 6.61 Å². The van der Waals surface area contributed by atoms with Gasteiger partial charge in [-0.3, -0.25) is 0 Å². The van der Waals surface area contributed by atoms with Gasteiger partial charge in [0.1, 0.15) is 5.75 Å². The van der Waals surface area contributed by atoms with Gasteiger partial charge in [-0.05, 0) is 47.9 Å². The Hall–Kier alpha value is -1.66. The minimum atomic E-state index is 0.511. The molecule has 0 atom stereocenters. The summed E-state index contributed by atoms with van der Waals surface area (Å²) in [6.45, 7) is 3.00. The average molecular weight is 536 g/mol. The summed E-state index contributed by atoms with van der Waals surface area (Å²) in [5.41, 5.74) is 4.13. The van der Waals surface area contributed by atoms with E-state index in [1.54, 1.807) is 0 Å². The number of unbranched alkanes of at least 4 members (excludes halogenated alkanes) is 5. The minimum Gasteiger partial charge on any atom is -0.494 e. The molecule has 3 aromatic rings. The molecule has 0 N–H and O–H groups in total. The number of halogens is 2. The molecular weight excluding hydrogens is 508 g/mol. The fourth-order valence-electron chi connectivity index (χ4n) is 3.24. The quantitative estimate of drug-likeness (QED) is 0.174. The Balaban J connectivity index is 1.60. The second-order valence-corrected chi connectivity index (χ2v) is 8.43. The van der Waals surface area contributed by atoms with Gasteiger partial charge in [0.2, 0.25) is 11.8 Å². The van der Waals surface area contributed by atoms with E-state index in [9.17, 15) is 0 Å². The van der Waals surface area contributed by atoms with Crippen molar-refractivity contribution in [1.82, 2.24) is 10.2 Å². The summed E-state index contributed by atoms with van der Waals surface area (Å²) < 4.78 is 11.8. The average Bonchev–Trinajstić information content (AvgIpc) is 3.28. The molecule has 2 aromatic carbocycles. The van der Waals surface area contributed by atoms with Crippen molar-refractivity contribution in [2.24, 2.45) is 0 Å². The number of hydrogen-bond donors (Lipinski definition) is 0. The van der Waals surface area contributed by atoms with Gasteiger partial charge >= 0.3 is 0 Å². The summed E-state index contributed by atoms with van der Waals surface area (Å²) in [6, 6.07) is 14.1. The molecule has 6 heteroatoms. The predicted molar refractivity (Wildman–Crippen MR) is 129 cm³/mol. The lowest BCUT2D eigenvalue weighted by Gasteiger charge is -2.06. The van der Waals surface area contributed by atoms with E-state index < -0.39 is 0 Å². The van der Waals surface area contributed by atoms with Crippen LogP contribution in [0.5, 0.6) is 5.75 Å². The lowest BCUT2D eigenvalue weighted by Crippen LogP contribution is -1.97. The van der Waals surface area contributed by atoms with E-state index >= 15 is 0 Å². The summed E-state index contributed by atoms with van der Waals surface area (Å²) in [4.78, 5) is 0. The maximum absolute atomic E-state index is 5.98. The number of nitrogens with zero attached hydrogens (tertiary/aromatic N) is 2. The summed E-state index contributed by atoms with van der Waals surface area (Å²) in [6.07, 6.45) is 7.57. The molecule has 0 fully saturated rings. The molecular formula is C24H28Br2N2O2. The van der Waals surface area contributed by atoms with Crippen LogP contribution in [0, 0.1) is 0 Å². The van der Waals surface area contributed by atoms with Crippen LogP contribution in [0.2, 0.25) is 0 Å². The second kappa shape index (κ2) is 12.3. The zero-order chi connectivity index (χ0) is 21.2. The third-order valence-corrected chi connectivity index (χ3v) is 6.25. The van der Waals surface area contributed by atoms with Crippen LogP contribution in [-0.2, 0) is 10.7 Å². The van der Waals surface area contributed by atoms with E-state index in [1.165, 1.54) is 37.7 Å². The van der Waals surface area contributed by atoms with Crippen LogP contribution in [0.4, 0.5) is 0 Å². The van der Waals surface area contributed by atoms with Gasteiger partial charge in [0, 0.05) is 21.8 Å². The number of rotatable bonds is 12. The highest BCUT2D eigenvalue weighted by atomic mass is 79.9. The van der Waals surface area contributed by atoms with E-state index in [1.807, 2.05) is 24.3 Å². The molecule has 0 aliphatic rings. The van der Waals surface area contributed by atoms with Gasteiger partial charge in [-0.25, -0.2) is 0 Å². The molecule has 0 bridgehead atoms. The van der Waals surface area contributed by atoms with E-state index in [0.717, 1.165) is 46.1 Å². The van der Waals surface area contributed by atoms with Crippen LogP contribution in [0.15, 0.2) is 46.9 Å². The van der Waals surface area contributed by atoms with Crippen molar-refractivity contribution in [2.75, 3.05) is 6.61 Å². The maximum Gasteiger partial charge on any atom is 0.248 e. The number of hydrogen-bond acceptors (Lipinski definition) is 4. The topological polar surface area (TPSA) is 48.2 Å². The van der Waals surface area contributed by atoms with Crippen LogP contribution in [-0.4, -0.2) is 16.8 Å². The Bertz CT molecular complexity index is 910. The van der Waals surface area contributed by atoms with E-state index in [0.29, 0.717) is 11.8 Å². The molecule has 30 heavy (non-hydrogen) atoms. The molecule has 0 saturated heterocycles. The highest BCUT2D eigenvalue weighted by Crippen LogP contribution is 2.30. The van der Waals surface area contributed by atoms with Crippen LogP contribution in [0.1, 0.15) is 56.6 Å². The van der Waals surface area contributed by atoms with Gasteiger partial charge in [0.15, 0.2) is 0 Å². The van der Waals surface area contributed by atoms with Gasteiger partial charge < -0.3 is 9.15 Å². The molecule has 0 radical (unpaired) electrons. The lowest BCUT2D eigenvalue weighted by atomic mass is 10.1. The molecule has 0 aliphatic carbocycles. The molecule has 3 rings (SSSR count). The molecule has 0 aliphatic heterocycles. The summed E-state index contributed by atoms with van der Waals surface area (Å²) in [7, 11) is 0. The third-order valence-electron chi connectivity index (χ3n) is 5.00.